The first-order chi connectivity index (χ1) is 12.5. The zero-order valence-electron chi connectivity index (χ0n) is 14.6. The van der Waals surface area contributed by atoms with Gasteiger partial charge in [0.25, 0.3) is 5.56 Å². The van der Waals surface area contributed by atoms with Crippen molar-refractivity contribution in [3.8, 4) is 0 Å². The minimum absolute atomic E-state index is 0.0405. The molecule has 8 heteroatoms. The van der Waals surface area contributed by atoms with Crippen molar-refractivity contribution < 1.29 is 14.0 Å². The van der Waals surface area contributed by atoms with Gasteiger partial charge < -0.3 is 10.2 Å². The molecule has 2 amide bonds. The number of nitrogens with one attached hydrogen (secondary N) is 1. The third-order valence-electron chi connectivity index (χ3n) is 4.55. The van der Waals surface area contributed by atoms with E-state index in [0.29, 0.717) is 25.0 Å². The van der Waals surface area contributed by atoms with Gasteiger partial charge in [-0.3, -0.25) is 19.0 Å². The smallest absolute Gasteiger partial charge is 0.261 e. The summed E-state index contributed by atoms with van der Waals surface area (Å²) < 4.78 is 14.6. The summed E-state index contributed by atoms with van der Waals surface area (Å²) in [6, 6.07) is 3.73. The SMILES string of the molecule is CCC(=O)NC1CCCN(C(=O)Cn2cnc3ccc(F)cc3c2=O)C1. The first-order valence-corrected chi connectivity index (χ1v) is 8.69. The van der Waals surface area contributed by atoms with Crippen LogP contribution in [-0.2, 0) is 16.1 Å². The molecule has 1 fully saturated rings. The third-order valence-corrected chi connectivity index (χ3v) is 4.55. The number of likely N-dealkylation sites (tertiary alicyclic amines) is 1. The number of piperidine rings is 1. The quantitative estimate of drug-likeness (QED) is 0.883. The molecule has 0 spiro atoms. The first-order valence-electron chi connectivity index (χ1n) is 8.69. The Balaban J connectivity index is 1.73. The number of benzene rings is 1. The Morgan fingerprint density at radius 1 is 1.38 bits per heavy atom. The van der Waals surface area contributed by atoms with Crippen molar-refractivity contribution in [1.29, 1.82) is 0 Å². The van der Waals surface area contributed by atoms with Crippen LogP contribution in [0.5, 0.6) is 0 Å². The molecule has 1 N–H and O–H groups in total. The van der Waals surface area contributed by atoms with Crippen molar-refractivity contribution in [1.82, 2.24) is 19.8 Å². The highest BCUT2D eigenvalue weighted by Gasteiger charge is 2.24. The lowest BCUT2D eigenvalue weighted by atomic mass is 10.1. The number of hydrogen-bond donors (Lipinski definition) is 1. The Kier molecular flexibility index (Phi) is 5.29. The average molecular weight is 360 g/mol. The lowest BCUT2D eigenvalue weighted by Crippen LogP contribution is -2.50. The van der Waals surface area contributed by atoms with E-state index in [0.717, 1.165) is 18.9 Å². The van der Waals surface area contributed by atoms with Gasteiger partial charge in [-0.15, -0.1) is 0 Å². The summed E-state index contributed by atoms with van der Waals surface area (Å²) in [5, 5.41) is 3.05. The summed E-state index contributed by atoms with van der Waals surface area (Å²) in [5.74, 6) is -0.785. The molecule has 0 aliphatic carbocycles. The second-order valence-electron chi connectivity index (χ2n) is 6.44. The summed E-state index contributed by atoms with van der Waals surface area (Å²) in [7, 11) is 0. The zero-order valence-corrected chi connectivity index (χ0v) is 14.6. The van der Waals surface area contributed by atoms with E-state index < -0.39 is 11.4 Å². The highest BCUT2D eigenvalue weighted by molar-refractivity contribution is 5.79. The number of halogens is 1. The van der Waals surface area contributed by atoms with Crippen LogP contribution in [-0.4, -0.2) is 45.4 Å². The predicted molar refractivity (Wildman–Crippen MR) is 94.0 cm³/mol. The van der Waals surface area contributed by atoms with Gasteiger partial charge in [0.15, 0.2) is 0 Å². The first kappa shape index (κ1) is 18.0. The lowest BCUT2D eigenvalue weighted by molar-refractivity contribution is -0.134. The van der Waals surface area contributed by atoms with Gasteiger partial charge in [-0.1, -0.05) is 6.92 Å². The fourth-order valence-corrected chi connectivity index (χ4v) is 3.14. The molecule has 1 unspecified atom stereocenters. The van der Waals surface area contributed by atoms with E-state index in [1.165, 1.54) is 23.0 Å². The maximum Gasteiger partial charge on any atom is 0.261 e. The van der Waals surface area contributed by atoms with Crippen LogP contribution in [0, 0.1) is 5.82 Å². The minimum Gasteiger partial charge on any atom is -0.352 e. The Morgan fingerprint density at radius 2 is 2.19 bits per heavy atom. The molecule has 0 saturated carbocycles. The molecule has 0 radical (unpaired) electrons. The van der Waals surface area contributed by atoms with Crippen LogP contribution in [0.2, 0.25) is 0 Å². The van der Waals surface area contributed by atoms with Gasteiger partial charge in [-0.25, -0.2) is 9.37 Å². The monoisotopic (exact) mass is 360 g/mol. The summed E-state index contributed by atoms with van der Waals surface area (Å²) >= 11 is 0. The minimum atomic E-state index is -0.522. The molecule has 1 aliphatic rings. The molecule has 2 aromatic rings. The van der Waals surface area contributed by atoms with E-state index in [2.05, 4.69) is 10.3 Å². The Morgan fingerprint density at radius 3 is 2.96 bits per heavy atom. The maximum absolute atomic E-state index is 13.4. The van der Waals surface area contributed by atoms with Gasteiger partial charge >= 0.3 is 0 Å². The number of fused-ring (bicyclic) bond motifs is 1. The normalized spacial score (nSPS) is 17.3. The second-order valence-corrected chi connectivity index (χ2v) is 6.44. The molecular formula is C18H21FN4O3. The van der Waals surface area contributed by atoms with Crippen LogP contribution in [0.25, 0.3) is 10.9 Å². The van der Waals surface area contributed by atoms with Gasteiger partial charge in [0.2, 0.25) is 11.8 Å². The fourth-order valence-electron chi connectivity index (χ4n) is 3.14. The highest BCUT2D eigenvalue weighted by Crippen LogP contribution is 2.12. The average Bonchev–Trinajstić information content (AvgIpc) is 2.64. The van der Waals surface area contributed by atoms with Crippen LogP contribution in [0.15, 0.2) is 29.3 Å². The van der Waals surface area contributed by atoms with Crippen LogP contribution in [0.1, 0.15) is 26.2 Å². The molecule has 3 rings (SSSR count). The number of carbonyl (C=O) groups is 2. The molecule has 138 valence electrons. The number of nitrogens with zero attached hydrogens (tertiary/aromatic N) is 3. The Hall–Kier alpha value is -2.77. The standard InChI is InChI=1S/C18H21FN4O3/c1-2-16(24)21-13-4-3-7-22(9-13)17(25)10-23-11-20-15-6-5-12(19)8-14(15)18(23)26/h5-6,8,11,13H,2-4,7,9-10H2,1H3,(H,21,24). The molecule has 1 atom stereocenters. The fraction of sp³-hybridized carbons (Fsp3) is 0.444. The van der Waals surface area contributed by atoms with E-state index in [1.807, 2.05) is 0 Å². The number of aromatic nitrogens is 2. The number of amides is 2. The van der Waals surface area contributed by atoms with Gasteiger partial charge in [0.05, 0.1) is 17.2 Å². The molecule has 1 aromatic carbocycles. The summed E-state index contributed by atoms with van der Waals surface area (Å²) in [4.78, 5) is 42.4. The number of rotatable bonds is 4. The second kappa shape index (κ2) is 7.63. The van der Waals surface area contributed by atoms with Gasteiger partial charge in [-0.05, 0) is 31.0 Å². The Labute approximate surface area is 149 Å². The van der Waals surface area contributed by atoms with Gasteiger partial charge in [-0.2, -0.15) is 0 Å². The van der Waals surface area contributed by atoms with E-state index in [-0.39, 0.29) is 29.8 Å². The van der Waals surface area contributed by atoms with Crippen LogP contribution in [0.4, 0.5) is 4.39 Å². The topological polar surface area (TPSA) is 84.3 Å². The predicted octanol–water partition coefficient (Wildman–Crippen LogP) is 1.05. The van der Waals surface area contributed by atoms with Gasteiger partial charge in [0.1, 0.15) is 12.4 Å². The molecule has 1 aromatic heterocycles. The van der Waals surface area contributed by atoms with E-state index in [4.69, 9.17) is 0 Å². The maximum atomic E-state index is 13.4. The van der Waals surface area contributed by atoms with Crippen LogP contribution < -0.4 is 10.9 Å². The summed E-state index contributed by atoms with van der Waals surface area (Å²) in [6.07, 6.45) is 3.32. The largest absolute Gasteiger partial charge is 0.352 e. The van der Waals surface area contributed by atoms with Crippen molar-refractivity contribution in [2.45, 2.75) is 38.8 Å². The van der Waals surface area contributed by atoms with Crippen molar-refractivity contribution in [3.05, 3.63) is 40.7 Å². The lowest BCUT2D eigenvalue weighted by Gasteiger charge is -2.33. The molecule has 1 saturated heterocycles. The summed E-state index contributed by atoms with van der Waals surface area (Å²) in [6.45, 7) is 2.63. The molecular weight excluding hydrogens is 339 g/mol. The van der Waals surface area contributed by atoms with E-state index in [9.17, 15) is 18.8 Å². The van der Waals surface area contributed by atoms with Crippen LogP contribution >= 0.6 is 0 Å². The zero-order chi connectivity index (χ0) is 18.7. The Bertz CT molecular complexity index is 896. The number of carbonyl (C=O) groups excluding carboxylic acids is 2. The van der Waals surface area contributed by atoms with Crippen LogP contribution in [0.3, 0.4) is 0 Å². The third kappa shape index (κ3) is 3.89. The molecule has 7 nitrogen and oxygen atoms in total. The molecule has 1 aliphatic heterocycles. The molecule has 26 heavy (non-hydrogen) atoms. The van der Waals surface area contributed by atoms with Gasteiger partial charge in [0, 0.05) is 25.6 Å². The van der Waals surface area contributed by atoms with E-state index >= 15 is 0 Å². The highest BCUT2D eigenvalue weighted by atomic mass is 19.1. The molecule has 0 bridgehead atoms. The van der Waals surface area contributed by atoms with Crippen molar-refractivity contribution in [2.75, 3.05) is 13.1 Å². The van der Waals surface area contributed by atoms with Crippen molar-refractivity contribution >= 4 is 22.7 Å². The van der Waals surface area contributed by atoms with E-state index in [1.54, 1.807) is 11.8 Å². The summed E-state index contributed by atoms with van der Waals surface area (Å²) in [5.41, 5.74) is -0.0592. The van der Waals surface area contributed by atoms with Crippen molar-refractivity contribution in [3.63, 3.8) is 0 Å². The van der Waals surface area contributed by atoms with Crippen molar-refractivity contribution in [2.24, 2.45) is 0 Å². The number of hydrogen-bond acceptors (Lipinski definition) is 4. The molecule has 2 heterocycles.